The lowest BCUT2D eigenvalue weighted by Gasteiger charge is -2.08. The molecular weight excluding hydrogens is 370 g/mol. The number of ether oxygens (including phenoxy) is 1. The first-order chi connectivity index (χ1) is 14.0. The van der Waals surface area contributed by atoms with Gasteiger partial charge in [0.15, 0.2) is 17.1 Å². The average molecular weight is 389 g/mol. The van der Waals surface area contributed by atoms with E-state index in [0.29, 0.717) is 28.0 Å². The Labute approximate surface area is 166 Å². The number of H-pyrrole nitrogens is 1. The fourth-order valence-corrected chi connectivity index (χ4v) is 3.29. The van der Waals surface area contributed by atoms with Crippen LogP contribution in [0.15, 0.2) is 48.5 Å². The van der Waals surface area contributed by atoms with Crippen LogP contribution < -0.4 is 4.74 Å². The number of aromatic nitrogens is 3. The molecule has 2 heterocycles. The highest BCUT2D eigenvalue weighted by Gasteiger charge is 2.20. The number of aromatic amines is 1. The van der Waals surface area contributed by atoms with Gasteiger partial charge in [-0.05, 0) is 36.2 Å². The van der Waals surface area contributed by atoms with Gasteiger partial charge in [0.05, 0.1) is 29.4 Å². The zero-order chi connectivity index (χ0) is 20.5. The van der Waals surface area contributed by atoms with Gasteiger partial charge >= 0.3 is 5.97 Å². The van der Waals surface area contributed by atoms with Gasteiger partial charge in [0.1, 0.15) is 0 Å². The molecule has 2 aromatic heterocycles. The number of carbonyl (C=O) groups is 1. The van der Waals surface area contributed by atoms with Gasteiger partial charge in [-0.15, -0.1) is 0 Å². The van der Waals surface area contributed by atoms with Crippen LogP contribution in [0.2, 0.25) is 0 Å². The zero-order valence-electron chi connectivity index (χ0n) is 15.9. The average Bonchev–Trinajstić information content (AvgIpc) is 3.17. The summed E-state index contributed by atoms with van der Waals surface area (Å²) in [6.45, 7) is 2.08. The van der Waals surface area contributed by atoms with Crippen molar-refractivity contribution >= 4 is 17.0 Å². The Morgan fingerprint density at radius 2 is 1.83 bits per heavy atom. The van der Waals surface area contributed by atoms with E-state index < -0.39 is 5.97 Å². The summed E-state index contributed by atoms with van der Waals surface area (Å²) in [5.41, 5.74) is 4.09. The maximum absolute atomic E-state index is 12.0. The van der Waals surface area contributed by atoms with Crippen LogP contribution in [0.4, 0.5) is 0 Å². The van der Waals surface area contributed by atoms with Crippen LogP contribution in [-0.2, 0) is 6.42 Å². The number of aryl methyl sites for hydroxylation is 1. The van der Waals surface area contributed by atoms with Crippen LogP contribution in [0.5, 0.6) is 11.5 Å². The zero-order valence-corrected chi connectivity index (χ0v) is 15.9. The Kier molecular flexibility index (Phi) is 4.64. The van der Waals surface area contributed by atoms with Crippen molar-refractivity contribution in [2.75, 3.05) is 7.11 Å². The van der Waals surface area contributed by atoms with Crippen molar-refractivity contribution in [1.29, 1.82) is 0 Å². The number of pyridine rings is 1. The number of rotatable bonds is 5. The van der Waals surface area contributed by atoms with Gasteiger partial charge < -0.3 is 14.9 Å². The Balaban J connectivity index is 1.90. The Hall–Kier alpha value is -3.87. The number of hydrogen-bond donors (Lipinski definition) is 3. The second kappa shape index (κ2) is 7.27. The maximum atomic E-state index is 12.0. The number of methoxy groups -OCH3 is 1. The maximum Gasteiger partial charge on any atom is 0.336 e. The minimum atomic E-state index is -1.07. The van der Waals surface area contributed by atoms with E-state index >= 15 is 0 Å². The number of fused-ring (bicyclic) bond motifs is 1. The number of carboxylic acids is 1. The molecule has 4 aromatic rings. The van der Waals surface area contributed by atoms with Crippen LogP contribution >= 0.6 is 0 Å². The number of carboxylic acid groups (broad SMARTS) is 1. The van der Waals surface area contributed by atoms with Crippen LogP contribution in [-0.4, -0.2) is 38.5 Å². The van der Waals surface area contributed by atoms with Crippen molar-refractivity contribution in [3.8, 4) is 34.0 Å². The van der Waals surface area contributed by atoms with E-state index in [2.05, 4.69) is 22.1 Å². The molecule has 0 spiro atoms. The molecule has 2 aromatic carbocycles. The van der Waals surface area contributed by atoms with Gasteiger partial charge in [-0.1, -0.05) is 31.2 Å². The molecule has 0 unspecified atom stereocenters. The van der Waals surface area contributed by atoms with Crippen molar-refractivity contribution in [3.63, 3.8) is 0 Å². The van der Waals surface area contributed by atoms with Gasteiger partial charge in [-0.25, -0.2) is 9.78 Å². The molecule has 0 aliphatic rings. The summed E-state index contributed by atoms with van der Waals surface area (Å²) < 4.78 is 5.14. The van der Waals surface area contributed by atoms with Crippen molar-refractivity contribution in [2.24, 2.45) is 0 Å². The first-order valence-corrected chi connectivity index (χ1v) is 9.11. The molecule has 0 saturated heterocycles. The highest BCUT2D eigenvalue weighted by Crippen LogP contribution is 2.34. The molecule has 29 heavy (non-hydrogen) atoms. The summed E-state index contributed by atoms with van der Waals surface area (Å²) in [6.07, 6.45) is 0.922. The molecule has 0 atom stereocenters. The third-order valence-electron chi connectivity index (χ3n) is 4.88. The minimum Gasteiger partial charge on any atom is -0.504 e. The third-order valence-corrected chi connectivity index (χ3v) is 4.88. The van der Waals surface area contributed by atoms with Crippen LogP contribution in [0.25, 0.3) is 33.5 Å². The molecule has 0 bridgehead atoms. The second-order valence-electron chi connectivity index (χ2n) is 6.59. The van der Waals surface area contributed by atoms with Crippen LogP contribution in [0.3, 0.4) is 0 Å². The molecule has 0 radical (unpaired) electrons. The number of aromatic carboxylic acids is 1. The number of benzene rings is 2. The second-order valence-corrected chi connectivity index (χ2v) is 6.59. The summed E-state index contributed by atoms with van der Waals surface area (Å²) in [7, 11) is 1.45. The Morgan fingerprint density at radius 3 is 2.48 bits per heavy atom. The Bertz CT molecular complexity index is 1210. The van der Waals surface area contributed by atoms with Crippen molar-refractivity contribution in [1.82, 2.24) is 15.2 Å². The summed E-state index contributed by atoms with van der Waals surface area (Å²) >= 11 is 0. The summed E-state index contributed by atoms with van der Waals surface area (Å²) in [5.74, 6) is -0.800. The number of hydrogen-bond acceptors (Lipinski definition) is 5. The van der Waals surface area contributed by atoms with E-state index in [1.807, 2.05) is 24.3 Å². The van der Waals surface area contributed by atoms with Crippen molar-refractivity contribution < 1.29 is 19.7 Å². The topological polar surface area (TPSA) is 108 Å². The highest BCUT2D eigenvalue weighted by molar-refractivity contribution is 6.08. The fourth-order valence-electron chi connectivity index (χ4n) is 3.29. The standard InChI is InChI=1S/C22H19N3O4/c1-3-12-4-6-13(7-5-12)20-19-15(22(27)28)11-16(23-21(19)25-24-20)14-8-9-17(26)18(10-14)29-2/h4-11,26H,3H2,1-2H3,(H,27,28)(H,23,24,25). The number of phenols is 1. The SMILES string of the molecule is CCc1ccc(-c2[nH]nc3nc(-c4ccc(O)c(OC)c4)cc(C(=O)O)c23)cc1. The molecule has 7 nitrogen and oxygen atoms in total. The summed E-state index contributed by atoms with van der Waals surface area (Å²) in [5, 5.41) is 27.3. The van der Waals surface area contributed by atoms with E-state index in [1.165, 1.54) is 24.8 Å². The smallest absolute Gasteiger partial charge is 0.336 e. The molecule has 7 heteroatoms. The summed E-state index contributed by atoms with van der Waals surface area (Å²) in [6, 6.07) is 14.1. The molecule has 0 saturated carbocycles. The van der Waals surface area contributed by atoms with E-state index in [0.717, 1.165) is 12.0 Å². The predicted octanol–water partition coefficient (Wildman–Crippen LogP) is 4.27. The molecule has 4 rings (SSSR count). The lowest BCUT2D eigenvalue weighted by molar-refractivity contribution is 0.0699. The van der Waals surface area contributed by atoms with Gasteiger partial charge in [-0.3, -0.25) is 5.10 Å². The first kappa shape index (κ1) is 18.5. The number of aromatic hydroxyl groups is 1. The Morgan fingerprint density at radius 1 is 1.10 bits per heavy atom. The number of nitrogens with one attached hydrogen (secondary N) is 1. The molecular formula is C22H19N3O4. The van der Waals surface area contributed by atoms with E-state index in [1.54, 1.807) is 12.1 Å². The van der Waals surface area contributed by atoms with Crippen molar-refractivity contribution in [3.05, 3.63) is 59.7 Å². The van der Waals surface area contributed by atoms with E-state index in [-0.39, 0.29) is 17.1 Å². The molecule has 0 aliphatic heterocycles. The predicted molar refractivity (Wildman–Crippen MR) is 109 cm³/mol. The monoisotopic (exact) mass is 389 g/mol. The molecule has 0 fully saturated rings. The lowest BCUT2D eigenvalue weighted by Crippen LogP contribution is -2.00. The van der Waals surface area contributed by atoms with E-state index in [4.69, 9.17) is 4.74 Å². The number of nitrogens with zero attached hydrogens (tertiary/aromatic N) is 2. The van der Waals surface area contributed by atoms with Gasteiger partial charge in [0.25, 0.3) is 0 Å². The minimum absolute atomic E-state index is 0.00614. The van der Waals surface area contributed by atoms with Crippen LogP contribution in [0, 0.1) is 0 Å². The molecule has 0 aliphatic carbocycles. The molecule has 0 amide bonds. The van der Waals surface area contributed by atoms with Crippen LogP contribution in [0.1, 0.15) is 22.8 Å². The summed E-state index contributed by atoms with van der Waals surface area (Å²) in [4.78, 5) is 16.6. The third kappa shape index (κ3) is 3.27. The van der Waals surface area contributed by atoms with Gasteiger partial charge in [-0.2, -0.15) is 5.10 Å². The normalized spacial score (nSPS) is 11.0. The van der Waals surface area contributed by atoms with E-state index in [9.17, 15) is 15.0 Å². The quantitative estimate of drug-likeness (QED) is 0.470. The van der Waals surface area contributed by atoms with Gasteiger partial charge in [0, 0.05) is 11.1 Å². The van der Waals surface area contributed by atoms with Gasteiger partial charge in [0.2, 0.25) is 0 Å². The largest absolute Gasteiger partial charge is 0.504 e. The lowest BCUT2D eigenvalue weighted by atomic mass is 10.0. The fraction of sp³-hybridized carbons (Fsp3) is 0.136. The molecule has 3 N–H and O–H groups in total. The first-order valence-electron chi connectivity index (χ1n) is 9.11. The highest BCUT2D eigenvalue weighted by atomic mass is 16.5. The number of phenolic OH excluding ortho intramolecular Hbond substituents is 1. The molecule has 146 valence electrons. The van der Waals surface area contributed by atoms with Crippen molar-refractivity contribution in [2.45, 2.75) is 13.3 Å².